The second kappa shape index (κ2) is 10.2. The molecule has 0 heterocycles. The summed E-state index contributed by atoms with van der Waals surface area (Å²) in [6.45, 7) is 4.72. The summed E-state index contributed by atoms with van der Waals surface area (Å²) < 4.78 is 5.44. The zero-order valence-corrected chi connectivity index (χ0v) is 16.8. The third kappa shape index (κ3) is 6.15. The van der Waals surface area contributed by atoms with Crippen LogP contribution < -0.4 is 10.1 Å². The second-order valence-corrected chi connectivity index (χ2v) is 6.70. The van der Waals surface area contributed by atoms with E-state index < -0.39 is 0 Å². The number of hydrogen-bond donors (Lipinski definition) is 1. The molecule has 0 aliphatic heterocycles. The van der Waals surface area contributed by atoms with Gasteiger partial charge in [0.15, 0.2) is 0 Å². The smallest absolute Gasteiger partial charge is 0.254 e. The van der Waals surface area contributed by atoms with E-state index in [1.165, 1.54) is 4.90 Å². The van der Waals surface area contributed by atoms with E-state index in [-0.39, 0.29) is 18.4 Å². The Balaban J connectivity index is 2.10. The van der Waals surface area contributed by atoms with Gasteiger partial charge in [0.1, 0.15) is 12.3 Å². The quantitative estimate of drug-likeness (QED) is 0.676. The lowest BCUT2D eigenvalue weighted by atomic mass is 10.1. The number of hydrogen-bond acceptors (Lipinski definition) is 3. The van der Waals surface area contributed by atoms with E-state index in [1.54, 1.807) is 42.5 Å². The number of nitrogens with one attached hydrogen (secondary N) is 1. The van der Waals surface area contributed by atoms with Crippen molar-refractivity contribution in [1.82, 2.24) is 4.90 Å². The van der Waals surface area contributed by atoms with Crippen molar-refractivity contribution < 1.29 is 14.3 Å². The van der Waals surface area contributed by atoms with E-state index in [0.717, 1.165) is 6.42 Å². The minimum absolute atomic E-state index is 0.0789. The van der Waals surface area contributed by atoms with Crippen molar-refractivity contribution in [2.45, 2.75) is 20.3 Å². The van der Waals surface area contributed by atoms with Crippen LogP contribution in [0.25, 0.3) is 0 Å². The Morgan fingerprint density at radius 3 is 2.56 bits per heavy atom. The first kappa shape index (κ1) is 21.1. The first-order chi connectivity index (χ1) is 12.9. The Labute approximate surface area is 169 Å². The number of rotatable bonds is 8. The van der Waals surface area contributed by atoms with Crippen molar-refractivity contribution in [3.63, 3.8) is 0 Å². The lowest BCUT2D eigenvalue weighted by Gasteiger charge is -2.22. The Morgan fingerprint density at radius 2 is 1.89 bits per heavy atom. The lowest BCUT2D eigenvalue weighted by Crippen LogP contribution is -2.38. The standard InChI is InChI=1S/C20H22Cl2N2O3/c1-3-10-24(20(26)14-6-5-7-16(11-14)27-4-2)13-19(25)23-18-9-8-15(21)12-17(18)22/h5-9,11-12H,3-4,10,13H2,1-2H3,(H,23,25). The normalized spacial score (nSPS) is 10.4. The average molecular weight is 409 g/mol. The minimum atomic E-state index is -0.331. The van der Waals surface area contributed by atoms with Crippen molar-refractivity contribution in [2.75, 3.05) is 25.0 Å². The summed E-state index contributed by atoms with van der Waals surface area (Å²) in [7, 11) is 0. The monoisotopic (exact) mass is 408 g/mol. The van der Waals surface area contributed by atoms with Gasteiger partial charge in [-0.3, -0.25) is 9.59 Å². The van der Waals surface area contributed by atoms with Gasteiger partial charge < -0.3 is 15.0 Å². The van der Waals surface area contributed by atoms with Crippen LogP contribution >= 0.6 is 23.2 Å². The fourth-order valence-corrected chi connectivity index (χ4v) is 3.00. The molecule has 0 aliphatic carbocycles. The molecule has 5 nitrogen and oxygen atoms in total. The van der Waals surface area contributed by atoms with E-state index >= 15 is 0 Å². The Bertz CT molecular complexity index is 812. The highest BCUT2D eigenvalue weighted by Gasteiger charge is 2.19. The molecule has 0 saturated carbocycles. The maximum absolute atomic E-state index is 12.8. The van der Waals surface area contributed by atoms with Crippen molar-refractivity contribution >= 4 is 40.7 Å². The molecule has 1 N–H and O–H groups in total. The summed E-state index contributed by atoms with van der Waals surface area (Å²) in [6, 6.07) is 11.8. The molecule has 7 heteroatoms. The number of nitrogens with zero attached hydrogens (tertiary/aromatic N) is 1. The van der Waals surface area contributed by atoms with Crippen LogP contribution in [0.5, 0.6) is 5.75 Å². The highest BCUT2D eigenvalue weighted by Crippen LogP contribution is 2.25. The Kier molecular flexibility index (Phi) is 7.95. The van der Waals surface area contributed by atoms with Gasteiger partial charge in [0.05, 0.1) is 17.3 Å². The van der Waals surface area contributed by atoms with E-state index in [4.69, 9.17) is 27.9 Å². The molecule has 0 spiro atoms. The molecule has 2 aromatic rings. The summed E-state index contributed by atoms with van der Waals surface area (Å²) in [4.78, 5) is 26.8. The van der Waals surface area contributed by atoms with Gasteiger partial charge in [-0.1, -0.05) is 36.2 Å². The molecule has 0 atom stereocenters. The molecule has 0 bridgehead atoms. The third-order valence-electron chi connectivity index (χ3n) is 3.71. The molecule has 0 aromatic heterocycles. The largest absolute Gasteiger partial charge is 0.494 e. The molecule has 0 fully saturated rings. The molecule has 2 rings (SSSR count). The first-order valence-corrected chi connectivity index (χ1v) is 9.47. The number of carbonyl (C=O) groups excluding carboxylic acids is 2. The molecular formula is C20H22Cl2N2O3. The summed E-state index contributed by atoms with van der Waals surface area (Å²) in [5, 5.41) is 3.54. The predicted molar refractivity (Wildman–Crippen MR) is 109 cm³/mol. The first-order valence-electron chi connectivity index (χ1n) is 8.71. The van der Waals surface area contributed by atoms with Gasteiger partial charge in [-0.15, -0.1) is 0 Å². The number of amides is 2. The Hall–Kier alpha value is -2.24. The highest BCUT2D eigenvalue weighted by atomic mass is 35.5. The van der Waals surface area contributed by atoms with Gasteiger partial charge in [0.2, 0.25) is 5.91 Å². The fraction of sp³-hybridized carbons (Fsp3) is 0.300. The zero-order valence-electron chi connectivity index (χ0n) is 15.3. The molecule has 0 aliphatic rings. The van der Waals surface area contributed by atoms with Gasteiger partial charge in [0, 0.05) is 17.1 Å². The number of carbonyl (C=O) groups is 2. The van der Waals surface area contributed by atoms with Crippen LogP contribution in [0.15, 0.2) is 42.5 Å². The van der Waals surface area contributed by atoms with E-state index in [2.05, 4.69) is 5.32 Å². The van der Waals surface area contributed by atoms with Crippen LogP contribution in [0, 0.1) is 0 Å². The van der Waals surface area contributed by atoms with E-state index in [1.807, 2.05) is 13.8 Å². The summed E-state index contributed by atoms with van der Waals surface area (Å²) >= 11 is 11.9. The second-order valence-electron chi connectivity index (χ2n) is 5.86. The SMILES string of the molecule is CCCN(CC(=O)Nc1ccc(Cl)cc1Cl)C(=O)c1cccc(OCC)c1. The molecule has 0 radical (unpaired) electrons. The summed E-state index contributed by atoms with van der Waals surface area (Å²) in [6.07, 6.45) is 0.728. The van der Waals surface area contributed by atoms with Crippen molar-refractivity contribution in [2.24, 2.45) is 0 Å². The number of halogens is 2. The van der Waals surface area contributed by atoms with Gasteiger partial charge >= 0.3 is 0 Å². The van der Waals surface area contributed by atoms with Gasteiger partial charge in [-0.25, -0.2) is 0 Å². The molecule has 2 aromatic carbocycles. The van der Waals surface area contributed by atoms with Gasteiger partial charge in [-0.2, -0.15) is 0 Å². The molecule has 27 heavy (non-hydrogen) atoms. The molecule has 144 valence electrons. The minimum Gasteiger partial charge on any atom is -0.494 e. The predicted octanol–water partition coefficient (Wildman–Crippen LogP) is 4.88. The van der Waals surface area contributed by atoms with Crippen LogP contribution in [0.4, 0.5) is 5.69 Å². The molecule has 0 saturated heterocycles. The maximum atomic E-state index is 12.8. The van der Waals surface area contributed by atoms with Gasteiger partial charge in [0.25, 0.3) is 5.91 Å². The highest BCUT2D eigenvalue weighted by molar-refractivity contribution is 6.36. The van der Waals surface area contributed by atoms with Crippen LogP contribution in [0.1, 0.15) is 30.6 Å². The summed E-state index contributed by atoms with van der Waals surface area (Å²) in [5.41, 5.74) is 0.931. The number of ether oxygens (including phenoxy) is 1. The van der Waals surface area contributed by atoms with Crippen molar-refractivity contribution in [1.29, 1.82) is 0 Å². The average Bonchev–Trinajstić information content (AvgIpc) is 2.63. The number of anilines is 1. The molecule has 2 amide bonds. The third-order valence-corrected chi connectivity index (χ3v) is 4.26. The van der Waals surface area contributed by atoms with E-state index in [9.17, 15) is 9.59 Å². The van der Waals surface area contributed by atoms with Crippen LogP contribution in [0.2, 0.25) is 10.0 Å². The van der Waals surface area contributed by atoms with Gasteiger partial charge in [-0.05, 0) is 49.7 Å². The van der Waals surface area contributed by atoms with Crippen molar-refractivity contribution in [3.8, 4) is 5.75 Å². The van der Waals surface area contributed by atoms with E-state index in [0.29, 0.717) is 40.2 Å². The van der Waals surface area contributed by atoms with Crippen molar-refractivity contribution in [3.05, 3.63) is 58.1 Å². The number of benzene rings is 2. The maximum Gasteiger partial charge on any atom is 0.254 e. The lowest BCUT2D eigenvalue weighted by molar-refractivity contribution is -0.116. The summed E-state index contributed by atoms with van der Waals surface area (Å²) in [5.74, 6) is 0.0648. The molecule has 0 unspecified atom stereocenters. The molecular weight excluding hydrogens is 387 g/mol. The fourth-order valence-electron chi connectivity index (χ4n) is 2.54. The van der Waals surface area contributed by atoms with Crippen LogP contribution in [-0.2, 0) is 4.79 Å². The topological polar surface area (TPSA) is 58.6 Å². The van der Waals surface area contributed by atoms with Crippen LogP contribution in [-0.4, -0.2) is 36.4 Å². The Morgan fingerprint density at radius 1 is 1.11 bits per heavy atom. The van der Waals surface area contributed by atoms with Crippen LogP contribution in [0.3, 0.4) is 0 Å². The zero-order chi connectivity index (χ0) is 19.8.